The van der Waals surface area contributed by atoms with Gasteiger partial charge >= 0.3 is 6.03 Å². The number of nitrogens with zero attached hydrogens (tertiary/aromatic N) is 6. The van der Waals surface area contributed by atoms with Gasteiger partial charge in [-0.3, -0.25) is 9.80 Å². The monoisotopic (exact) mass is 411 g/mol. The van der Waals surface area contributed by atoms with Gasteiger partial charge in [0, 0.05) is 50.5 Å². The minimum atomic E-state index is -0.792. The van der Waals surface area contributed by atoms with Gasteiger partial charge in [0.1, 0.15) is 11.7 Å². The minimum absolute atomic E-state index is 0.0488. The van der Waals surface area contributed by atoms with Crippen LogP contribution in [0.5, 0.6) is 0 Å². The van der Waals surface area contributed by atoms with E-state index in [1.807, 2.05) is 6.07 Å². The van der Waals surface area contributed by atoms with Crippen molar-refractivity contribution < 1.29 is 9.90 Å². The number of carbonyl (C=O) groups is 1. The first kappa shape index (κ1) is 20.6. The van der Waals surface area contributed by atoms with Crippen molar-refractivity contribution >= 4 is 17.1 Å². The van der Waals surface area contributed by atoms with Gasteiger partial charge in [0.25, 0.3) is 0 Å². The lowest BCUT2D eigenvalue weighted by Gasteiger charge is -2.40. The average Bonchev–Trinajstić information content (AvgIpc) is 3.12. The highest BCUT2D eigenvalue weighted by Crippen LogP contribution is 2.33. The number of aliphatic hydroxyl groups is 1. The van der Waals surface area contributed by atoms with E-state index in [-0.39, 0.29) is 17.3 Å². The smallest absolute Gasteiger partial charge is 0.319 e. The molecule has 0 aliphatic carbocycles. The molecule has 0 aromatic carbocycles. The van der Waals surface area contributed by atoms with Crippen LogP contribution in [0.1, 0.15) is 45.1 Å². The van der Waals surface area contributed by atoms with Gasteiger partial charge in [-0.05, 0) is 24.3 Å². The number of nitrogens with one attached hydrogen (secondary N) is 1. The lowest BCUT2D eigenvalue weighted by atomic mass is 9.86. The lowest BCUT2D eigenvalue weighted by molar-refractivity contribution is -0.0163. The Morgan fingerprint density at radius 3 is 2.63 bits per heavy atom. The van der Waals surface area contributed by atoms with Crippen LogP contribution in [0.15, 0.2) is 12.3 Å². The highest BCUT2D eigenvalue weighted by atomic mass is 16.3. The van der Waals surface area contributed by atoms with Crippen LogP contribution >= 0.6 is 0 Å². The number of piperidine rings is 1. The third-order valence-electron chi connectivity index (χ3n) is 6.12. The number of urea groups is 1. The third kappa shape index (κ3) is 3.61. The Labute approximate surface area is 176 Å². The molecule has 4 rings (SSSR count). The fraction of sp³-hybridized carbons (Fsp3) is 0.619. The van der Waals surface area contributed by atoms with Crippen LogP contribution in [0, 0.1) is 16.7 Å². The highest BCUT2D eigenvalue weighted by Gasteiger charge is 2.50. The summed E-state index contributed by atoms with van der Waals surface area (Å²) in [6.45, 7) is 9.62. The van der Waals surface area contributed by atoms with E-state index in [4.69, 9.17) is 0 Å². The molecular formula is C21H29N7O2. The molecular weight excluding hydrogens is 382 g/mol. The molecule has 0 radical (unpaired) electrons. The van der Waals surface area contributed by atoms with E-state index in [1.54, 1.807) is 13.2 Å². The zero-order valence-electron chi connectivity index (χ0n) is 18.0. The van der Waals surface area contributed by atoms with Crippen molar-refractivity contribution in [2.24, 2.45) is 5.41 Å². The van der Waals surface area contributed by atoms with E-state index >= 15 is 0 Å². The molecule has 9 nitrogen and oxygen atoms in total. The van der Waals surface area contributed by atoms with Crippen molar-refractivity contribution in [3.05, 3.63) is 23.8 Å². The maximum Gasteiger partial charge on any atom is 0.319 e. The quantitative estimate of drug-likeness (QED) is 0.795. The number of likely N-dealkylation sites (N-methyl/N-ethyl adjacent to an activating group) is 1. The SMILES string of the molecule is CN1C(=O)NC2(CCN(Cc3cc4cnc(C#N)nc4n3CC(C)(C)C)CC2)C1O. The molecule has 2 aromatic heterocycles. The maximum absolute atomic E-state index is 12.0. The molecule has 30 heavy (non-hydrogen) atoms. The van der Waals surface area contributed by atoms with Crippen LogP contribution in [0.2, 0.25) is 0 Å². The minimum Gasteiger partial charge on any atom is -0.371 e. The molecule has 160 valence electrons. The number of aliphatic hydroxyl groups excluding tert-OH is 1. The van der Waals surface area contributed by atoms with Crippen molar-refractivity contribution in [3.63, 3.8) is 0 Å². The van der Waals surface area contributed by atoms with Gasteiger partial charge in [-0.25, -0.2) is 14.8 Å². The molecule has 2 aliphatic rings. The molecule has 1 spiro atoms. The fourth-order valence-electron chi connectivity index (χ4n) is 4.50. The largest absolute Gasteiger partial charge is 0.371 e. The van der Waals surface area contributed by atoms with E-state index < -0.39 is 11.8 Å². The lowest BCUT2D eigenvalue weighted by Crippen LogP contribution is -2.56. The number of aromatic nitrogens is 3. The van der Waals surface area contributed by atoms with Gasteiger partial charge in [0.2, 0.25) is 5.82 Å². The van der Waals surface area contributed by atoms with E-state index in [2.05, 4.69) is 51.6 Å². The molecule has 9 heteroatoms. The number of hydrogen-bond donors (Lipinski definition) is 2. The second-order valence-electron chi connectivity index (χ2n) is 9.71. The number of hydrogen-bond acceptors (Lipinski definition) is 6. The summed E-state index contributed by atoms with van der Waals surface area (Å²) >= 11 is 0. The molecule has 1 atom stereocenters. The highest BCUT2D eigenvalue weighted by molar-refractivity contribution is 5.78. The van der Waals surface area contributed by atoms with Gasteiger partial charge in [0.15, 0.2) is 6.23 Å². The van der Waals surface area contributed by atoms with Crippen LogP contribution in [0.3, 0.4) is 0 Å². The second-order valence-corrected chi connectivity index (χ2v) is 9.71. The van der Waals surface area contributed by atoms with Crippen molar-refractivity contribution in [2.45, 2.75) is 58.5 Å². The molecule has 2 N–H and O–H groups in total. The zero-order valence-corrected chi connectivity index (χ0v) is 18.0. The Hall–Kier alpha value is -2.70. The molecule has 2 fully saturated rings. The first-order valence-corrected chi connectivity index (χ1v) is 10.3. The summed E-state index contributed by atoms with van der Waals surface area (Å²) in [5, 5.41) is 23.6. The van der Waals surface area contributed by atoms with Gasteiger partial charge in [-0.2, -0.15) is 5.26 Å². The standard InChI is InChI=1S/C21H29N7O2/c1-20(2,3)13-28-15(9-14-11-23-16(10-22)24-17(14)28)12-27-7-5-21(6-8-27)18(29)26(4)19(30)25-21/h9,11,18,29H,5-8,12-13H2,1-4H3,(H,25,30). The Morgan fingerprint density at radius 2 is 2.07 bits per heavy atom. The number of amides is 2. The summed E-state index contributed by atoms with van der Waals surface area (Å²) in [5.41, 5.74) is 1.41. The molecule has 0 bridgehead atoms. The molecule has 2 aromatic rings. The first-order valence-electron chi connectivity index (χ1n) is 10.3. The summed E-state index contributed by atoms with van der Waals surface area (Å²) in [6, 6.07) is 3.92. The molecule has 2 aliphatic heterocycles. The van der Waals surface area contributed by atoms with E-state index in [1.165, 1.54) is 4.90 Å². The van der Waals surface area contributed by atoms with Gasteiger partial charge in [0.05, 0.1) is 5.54 Å². The topological polar surface area (TPSA) is 110 Å². The maximum atomic E-state index is 12.0. The van der Waals surface area contributed by atoms with Gasteiger partial charge < -0.3 is 15.0 Å². The predicted octanol–water partition coefficient (Wildman–Crippen LogP) is 1.66. The van der Waals surface area contributed by atoms with Crippen LogP contribution in [0.4, 0.5) is 4.79 Å². The normalized spacial score (nSPS) is 21.9. The molecule has 2 saturated heterocycles. The molecule has 4 heterocycles. The van der Waals surface area contributed by atoms with E-state index in [9.17, 15) is 15.2 Å². The molecule has 2 amide bonds. The average molecular weight is 412 g/mol. The zero-order chi connectivity index (χ0) is 21.7. The molecule has 1 unspecified atom stereocenters. The van der Waals surface area contributed by atoms with Gasteiger partial charge in [-0.1, -0.05) is 20.8 Å². The second kappa shape index (κ2) is 7.22. The van der Waals surface area contributed by atoms with Crippen LogP contribution < -0.4 is 5.32 Å². The summed E-state index contributed by atoms with van der Waals surface area (Å²) in [4.78, 5) is 24.3. The summed E-state index contributed by atoms with van der Waals surface area (Å²) in [5.74, 6) is 0.178. The number of likely N-dealkylation sites (tertiary alicyclic amines) is 1. The number of nitriles is 1. The Kier molecular flexibility index (Phi) is 4.95. The Balaban J connectivity index is 1.56. The first-order chi connectivity index (χ1) is 14.1. The van der Waals surface area contributed by atoms with Crippen LogP contribution in [0.25, 0.3) is 11.0 Å². The Bertz CT molecular complexity index is 1010. The fourth-order valence-corrected chi connectivity index (χ4v) is 4.50. The van der Waals surface area contributed by atoms with Gasteiger partial charge in [-0.15, -0.1) is 0 Å². The summed E-state index contributed by atoms with van der Waals surface area (Å²) < 4.78 is 2.20. The number of carbonyl (C=O) groups excluding carboxylic acids is 1. The summed E-state index contributed by atoms with van der Waals surface area (Å²) in [7, 11) is 1.63. The number of rotatable bonds is 3. The van der Waals surface area contributed by atoms with Crippen molar-refractivity contribution in [2.75, 3.05) is 20.1 Å². The van der Waals surface area contributed by atoms with Crippen molar-refractivity contribution in [3.8, 4) is 6.07 Å². The third-order valence-corrected chi connectivity index (χ3v) is 6.12. The van der Waals surface area contributed by atoms with Crippen molar-refractivity contribution in [1.29, 1.82) is 5.26 Å². The predicted molar refractivity (Wildman–Crippen MR) is 111 cm³/mol. The molecule has 0 saturated carbocycles. The van der Waals surface area contributed by atoms with E-state index in [0.717, 1.165) is 42.9 Å². The van der Waals surface area contributed by atoms with Crippen molar-refractivity contribution in [1.82, 2.24) is 29.7 Å². The Morgan fingerprint density at radius 1 is 1.37 bits per heavy atom. The van der Waals surface area contributed by atoms with E-state index in [0.29, 0.717) is 12.8 Å². The van der Waals surface area contributed by atoms with Crippen LogP contribution in [-0.4, -0.2) is 67.4 Å². The summed E-state index contributed by atoms with van der Waals surface area (Å²) in [6.07, 6.45) is 2.32. The number of fused-ring (bicyclic) bond motifs is 1. The van der Waals surface area contributed by atoms with Crippen LogP contribution in [-0.2, 0) is 13.1 Å².